The van der Waals surface area contributed by atoms with Crippen LogP contribution in [0.5, 0.6) is 0 Å². The van der Waals surface area contributed by atoms with E-state index in [1.165, 1.54) is 0 Å². The van der Waals surface area contributed by atoms with Gasteiger partial charge in [-0.05, 0) is 32.7 Å². The van der Waals surface area contributed by atoms with Crippen LogP contribution in [0, 0.1) is 0 Å². The molecular weight excluding hydrogens is 180 g/mol. The highest BCUT2D eigenvalue weighted by molar-refractivity contribution is 5.77. The van der Waals surface area contributed by atoms with E-state index in [9.17, 15) is 9.90 Å². The first kappa shape index (κ1) is 11.5. The molecule has 4 nitrogen and oxygen atoms in total. The van der Waals surface area contributed by atoms with Crippen LogP contribution >= 0.6 is 0 Å². The molecule has 2 N–H and O–H groups in total. The number of rotatable bonds is 4. The molecule has 1 aliphatic heterocycles. The molecule has 2 atom stereocenters. The highest BCUT2D eigenvalue weighted by atomic mass is 16.3. The van der Waals surface area contributed by atoms with Crippen molar-refractivity contribution < 1.29 is 9.90 Å². The van der Waals surface area contributed by atoms with Crippen LogP contribution in [-0.2, 0) is 4.79 Å². The Labute approximate surface area is 85.3 Å². The summed E-state index contributed by atoms with van der Waals surface area (Å²) in [4.78, 5) is 13.3. The fourth-order valence-electron chi connectivity index (χ4n) is 2.03. The summed E-state index contributed by atoms with van der Waals surface area (Å²) in [5.41, 5.74) is 0. The first-order chi connectivity index (χ1) is 6.63. The number of amides is 1. The van der Waals surface area contributed by atoms with Gasteiger partial charge in [0.05, 0.1) is 12.6 Å². The first-order valence-electron chi connectivity index (χ1n) is 5.26. The number of hydrogen-bond donors (Lipinski definition) is 2. The molecular formula is C10H20N2O2. The number of likely N-dealkylation sites (N-methyl/N-ethyl adjacent to an activating group) is 1. The lowest BCUT2D eigenvalue weighted by Gasteiger charge is -2.24. The molecule has 1 rings (SSSR count). The van der Waals surface area contributed by atoms with Gasteiger partial charge in [0.1, 0.15) is 0 Å². The van der Waals surface area contributed by atoms with E-state index in [4.69, 9.17) is 0 Å². The SMILES string of the molecule is CNC(=O)CN1CCCC1CC(C)O. The summed E-state index contributed by atoms with van der Waals surface area (Å²) >= 11 is 0. The van der Waals surface area contributed by atoms with E-state index in [1.54, 1.807) is 14.0 Å². The Balaban J connectivity index is 2.38. The quantitative estimate of drug-likeness (QED) is 0.670. The predicted molar refractivity (Wildman–Crippen MR) is 55.0 cm³/mol. The second kappa shape index (κ2) is 5.32. The van der Waals surface area contributed by atoms with Gasteiger partial charge in [-0.3, -0.25) is 9.69 Å². The van der Waals surface area contributed by atoms with Crippen molar-refractivity contribution in [1.82, 2.24) is 10.2 Å². The molecule has 0 aliphatic carbocycles. The average molecular weight is 200 g/mol. The van der Waals surface area contributed by atoms with Gasteiger partial charge in [-0.25, -0.2) is 0 Å². The van der Waals surface area contributed by atoms with Crippen LogP contribution < -0.4 is 5.32 Å². The molecule has 1 saturated heterocycles. The second-order valence-corrected chi connectivity index (χ2v) is 4.02. The molecule has 2 unspecified atom stereocenters. The summed E-state index contributed by atoms with van der Waals surface area (Å²) in [6.07, 6.45) is 2.73. The third-order valence-electron chi connectivity index (χ3n) is 2.74. The molecule has 0 saturated carbocycles. The Morgan fingerprint density at radius 1 is 1.71 bits per heavy atom. The van der Waals surface area contributed by atoms with Crippen molar-refractivity contribution in [1.29, 1.82) is 0 Å². The number of nitrogens with zero attached hydrogens (tertiary/aromatic N) is 1. The van der Waals surface area contributed by atoms with Crippen LogP contribution in [-0.4, -0.2) is 48.2 Å². The van der Waals surface area contributed by atoms with Crippen LogP contribution in [0.4, 0.5) is 0 Å². The molecule has 0 aromatic heterocycles. The lowest BCUT2D eigenvalue weighted by molar-refractivity contribution is -0.122. The fraction of sp³-hybridized carbons (Fsp3) is 0.900. The molecule has 0 spiro atoms. The Morgan fingerprint density at radius 2 is 2.43 bits per heavy atom. The summed E-state index contributed by atoms with van der Waals surface area (Å²) in [6.45, 7) is 3.25. The maximum absolute atomic E-state index is 11.2. The zero-order valence-electron chi connectivity index (χ0n) is 8.99. The van der Waals surface area contributed by atoms with Gasteiger partial charge < -0.3 is 10.4 Å². The predicted octanol–water partition coefficient (Wildman–Crippen LogP) is -0.0323. The van der Waals surface area contributed by atoms with Crippen LogP contribution in [0.1, 0.15) is 26.2 Å². The van der Waals surface area contributed by atoms with Crippen LogP contribution in [0.15, 0.2) is 0 Å². The number of likely N-dealkylation sites (tertiary alicyclic amines) is 1. The minimum Gasteiger partial charge on any atom is -0.393 e. The molecule has 1 heterocycles. The van der Waals surface area contributed by atoms with Gasteiger partial charge in [-0.15, -0.1) is 0 Å². The van der Waals surface area contributed by atoms with Gasteiger partial charge in [-0.2, -0.15) is 0 Å². The largest absolute Gasteiger partial charge is 0.393 e. The molecule has 0 bridgehead atoms. The summed E-state index contributed by atoms with van der Waals surface area (Å²) in [5, 5.41) is 11.9. The highest BCUT2D eigenvalue weighted by Gasteiger charge is 2.26. The van der Waals surface area contributed by atoms with Crippen molar-refractivity contribution in [2.24, 2.45) is 0 Å². The average Bonchev–Trinajstić information content (AvgIpc) is 2.52. The maximum Gasteiger partial charge on any atom is 0.233 e. The van der Waals surface area contributed by atoms with Crippen molar-refractivity contribution in [3.63, 3.8) is 0 Å². The van der Waals surface area contributed by atoms with Crippen molar-refractivity contribution in [2.45, 2.75) is 38.3 Å². The standard InChI is InChI=1S/C10H20N2O2/c1-8(13)6-9-4-3-5-12(9)7-10(14)11-2/h8-9,13H,3-7H2,1-2H3,(H,11,14). The third-order valence-corrected chi connectivity index (χ3v) is 2.74. The Morgan fingerprint density at radius 3 is 3.00 bits per heavy atom. The summed E-state index contributed by atoms with van der Waals surface area (Å²) < 4.78 is 0. The zero-order valence-corrected chi connectivity index (χ0v) is 8.99. The number of aliphatic hydroxyl groups is 1. The monoisotopic (exact) mass is 200 g/mol. The fourth-order valence-corrected chi connectivity index (χ4v) is 2.03. The lowest BCUT2D eigenvalue weighted by atomic mass is 10.1. The van der Waals surface area contributed by atoms with Crippen molar-refractivity contribution >= 4 is 5.91 Å². The minimum absolute atomic E-state index is 0.0579. The lowest BCUT2D eigenvalue weighted by Crippen LogP contribution is -2.39. The van der Waals surface area contributed by atoms with Gasteiger partial charge in [0.25, 0.3) is 0 Å². The summed E-state index contributed by atoms with van der Waals surface area (Å²) in [7, 11) is 1.65. The molecule has 1 amide bonds. The van der Waals surface area contributed by atoms with Gasteiger partial charge in [0.2, 0.25) is 5.91 Å². The minimum atomic E-state index is -0.273. The molecule has 4 heteroatoms. The van der Waals surface area contributed by atoms with E-state index < -0.39 is 0 Å². The molecule has 0 radical (unpaired) electrons. The van der Waals surface area contributed by atoms with E-state index in [2.05, 4.69) is 10.2 Å². The van der Waals surface area contributed by atoms with Gasteiger partial charge in [0.15, 0.2) is 0 Å². The van der Waals surface area contributed by atoms with Gasteiger partial charge >= 0.3 is 0 Å². The first-order valence-corrected chi connectivity index (χ1v) is 5.26. The highest BCUT2D eigenvalue weighted by Crippen LogP contribution is 2.20. The van der Waals surface area contributed by atoms with Gasteiger partial charge in [0, 0.05) is 13.1 Å². The van der Waals surface area contributed by atoms with E-state index in [0.717, 1.165) is 25.8 Å². The number of carbonyl (C=O) groups excluding carboxylic acids is 1. The van der Waals surface area contributed by atoms with Crippen molar-refractivity contribution in [2.75, 3.05) is 20.1 Å². The zero-order chi connectivity index (χ0) is 10.6. The normalized spacial score (nSPS) is 24.9. The van der Waals surface area contributed by atoms with Crippen molar-refractivity contribution in [3.8, 4) is 0 Å². The number of nitrogens with one attached hydrogen (secondary N) is 1. The Kier molecular flexibility index (Phi) is 4.35. The Bertz CT molecular complexity index is 195. The summed E-state index contributed by atoms with van der Waals surface area (Å²) in [5.74, 6) is 0.0579. The van der Waals surface area contributed by atoms with E-state index in [-0.39, 0.29) is 12.0 Å². The number of carbonyl (C=O) groups is 1. The molecule has 82 valence electrons. The molecule has 0 aromatic carbocycles. The smallest absolute Gasteiger partial charge is 0.233 e. The maximum atomic E-state index is 11.2. The van der Waals surface area contributed by atoms with E-state index >= 15 is 0 Å². The molecule has 14 heavy (non-hydrogen) atoms. The molecule has 1 aliphatic rings. The third kappa shape index (κ3) is 3.27. The van der Waals surface area contributed by atoms with Crippen LogP contribution in [0.25, 0.3) is 0 Å². The van der Waals surface area contributed by atoms with Gasteiger partial charge in [-0.1, -0.05) is 0 Å². The number of hydrogen-bond acceptors (Lipinski definition) is 3. The van der Waals surface area contributed by atoms with E-state index in [1.807, 2.05) is 0 Å². The Hall–Kier alpha value is -0.610. The second-order valence-electron chi connectivity index (χ2n) is 4.02. The van der Waals surface area contributed by atoms with E-state index in [0.29, 0.717) is 12.6 Å². The van der Waals surface area contributed by atoms with Crippen LogP contribution in [0.2, 0.25) is 0 Å². The number of aliphatic hydroxyl groups excluding tert-OH is 1. The van der Waals surface area contributed by atoms with Crippen LogP contribution in [0.3, 0.4) is 0 Å². The topological polar surface area (TPSA) is 52.6 Å². The summed E-state index contributed by atoms with van der Waals surface area (Å²) in [6, 6.07) is 0.382. The molecule has 0 aromatic rings. The molecule has 1 fully saturated rings. The van der Waals surface area contributed by atoms with Crippen molar-refractivity contribution in [3.05, 3.63) is 0 Å².